The fourth-order valence-electron chi connectivity index (χ4n) is 9.08. The van der Waals surface area contributed by atoms with Crippen LogP contribution in [-0.4, -0.2) is 117 Å². The molecule has 0 aliphatic carbocycles. The molecule has 4 heterocycles. The van der Waals surface area contributed by atoms with Crippen molar-refractivity contribution < 1.29 is 43.3 Å². The summed E-state index contributed by atoms with van der Waals surface area (Å²) in [5.41, 5.74) is 4.80. The van der Waals surface area contributed by atoms with Gasteiger partial charge in [-0.1, -0.05) is 57.2 Å². The van der Waals surface area contributed by atoms with E-state index in [9.17, 15) is 33.8 Å². The molecule has 0 bridgehead atoms. The number of nitrogens with zero attached hydrogens (tertiary/aromatic N) is 4. The summed E-state index contributed by atoms with van der Waals surface area (Å²) in [6.07, 6.45) is -0.248. The molecule has 2 aromatic heterocycles. The van der Waals surface area contributed by atoms with Crippen molar-refractivity contribution in [2.24, 2.45) is 5.41 Å². The van der Waals surface area contributed by atoms with Gasteiger partial charge in [-0.25, -0.2) is 9.37 Å². The number of piperazine rings is 1. The number of amides is 4. The van der Waals surface area contributed by atoms with Crippen molar-refractivity contribution in [2.45, 2.75) is 91.1 Å². The smallest absolute Gasteiger partial charge is 0.246 e. The number of benzene rings is 4. The number of thiazole rings is 1. The number of halogens is 1. The van der Waals surface area contributed by atoms with E-state index < -0.39 is 29.5 Å². The Balaban J connectivity index is 0.760. The lowest BCUT2D eigenvalue weighted by Gasteiger charge is -2.39. The largest absolute Gasteiger partial charge is 0.508 e. The molecule has 8 rings (SSSR count). The fraction of sp³-hybridized carbons (Fsp3) is 0.389. The molecule has 6 aromatic rings. The number of hydrogen-bond donors (Lipinski definition) is 4. The first-order valence-electron chi connectivity index (χ1n) is 24.0. The molecular formula is C54H61FN6O8S2. The molecule has 2 aliphatic heterocycles. The van der Waals surface area contributed by atoms with Gasteiger partial charge in [0, 0.05) is 74.7 Å². The van der Waals surface area contributed by atoms with Crippen LogP contribution in [0, 0.1) is 18.2 Å². The van der Waals surface area contributed by atoms with E-state index in [1.807, 2.05) is 92.7 Å². The molecule has 17 heteroatoms. The molecule has 14 nitrogen and oxygen atoms in total. The molecule has 4 amide bonds. The molecule has 2 aliphatic rings. The van der Waals surface area contributed by atoms with Crippen LogP contribution in [-0.2, 0) is 25.7 Å². The van der Waals surface area contributed by atoms with E-state index >= 15 is 0 Å². The zero-order chi connectivity index (χ0) is 50.4. The van der Waals surface area contributed by atoms with Gasteiger partial charge in [0.15, 0.2) is 5.75 Å². The van der Waals surface area contributed by atoms with Crippen LogP contribution in [0.3, 0.4) is 0 Å². The van der Waals surface area contributed by atoms with E-state index in [-0.39, 0.29) is 67.7 Å². The van der Waals surface area contributed by atoms with Crippen molar-refractivity contribution in [1.29, 1.82) is 0 Å². The standard InChI is InChI=1S/C54H61FN6O8S2/c1-33-30-60(24-23-59(33)25-26-68-41-18-20-42(21-19-41)69-48-43-22-17-39(62)28-45(43)71-50(48)37-13-15-38(55)16-14-37)47(65)8-6-7-46(64)58-51(54(3,4)5)53(67)61-31-40(63)27-44(61)52(66)56-29-35-9-11-36(12-10-35)49-34(2)57-32-70-49/h9-22,28,32-33,40,44,51,62-63H,6-8,23-27,29-31H2,1-5H3,(H,56,66)(H,58,64)/t33-,40-,44+,51-/m1/s1. The van der Waals surface area contributed by atoms with E-state index in [4.69, 9.17) is 9.47 Å². The lowest BCUT2D eigenvalue weighted by atomic mass is 9.85. The van der Waals surface area contributed by atoms with Crippen LogP contribution >= 0.6 is 22.7 Å². The first kappa shape index (κ1) is 51.0. The number of phenols is 1. The highest BCUT2D eigenvalue weighted by Gasteiger charge is 2.44. The van der Waals surface area contributed by atoms with Gasteiger partial charge in [0.25, 0.3) is 0 Å². The Bertz CT molecular complexity index is 2830. The number of aliphatic hydroxyl groups excluding tert-OH is 1. The van der Waals surface area contributed by atoms with E-state index in [0.717, 1.165) is 42.2 Å². The maximum Gasteiger partial charge on any atom is 0.246 e. The van der Waals surface area contributed by atoms with Crippen molar-refractivity contribution in [3.8, 4) is 43.9 Å². The Morgan fingerprint density at radius 1 is 0.901 bits per heavy atom. The number of aryl methyl sites for hydroxylation is 1. The molecule has 0 radical (unpaired) electrons. The molecule has 71 heavy (non-hydrogen) atoms. The van der Waals surface area contributed by atoms with Crippen molar-refractivity contribution in [3.05, 3.63) is 114 Å². The second kappa shape index (κ2) is 22.4. The molecule has 4 N–H and O–H groups in total. The number of nitrogens with one attached hydrogen (secondary N) is 2. The Morgan fingerprint density at radius 2 is 1.61 bits per heavy atom. The number of likely N-dealkylation sites (tertiary alicyclic amines) is 1. The van der Waals surface area contributed by atoms with Gasteiger partial charge < -0.3 is 40.1 Å². The number of rotatable bonds is 17. The van der Waals surface area contributed by atoms with E-state index in [2.05, 4.69) is 27.4 Å². The summed E-state index contributed by atoms with van der Waals surface area (Å²) in [6.45, 7) is 12.7. The van der Waals surface area contributed by atoms with Gasteiger partial charge >= 0.3 is 0 Å². The number of aromatic nitrogens is 1. The summed E-state index contributed by atoms with van der Waals surface area (Å²) in [4.78, 5) is 66.0. The number of carbonyl (C=O) groups excluding carboxylic acids is 4. The molecule has 0 saturated carbocycles. The zero-order valence-corrected chi connectivity index (χ0v) is 42.3. The van der Waals surface area contributed by atoms with E-state index in [1.165, 1.54) is 28.4 Å². The van der Waals surface area contributed by atoms with Crippen molar-refractivity contribution >= 4 is 56.4 Å². The number of fused-ring (bicyclic) bond motifs is 1. The predicted molar refractivity (Wildman–Crippen MR) is 274 cm³/mol. The first-order valence-corrected chi connectivity index (χ1v) is 25.7. The fourth-order valence-corrected chi connectivity index (χ4v) is 11.1. The summed E-state index contributed by atoms with van der Waals surface area (Å²) < 4.78 is 27.1. The highest BCUT2D eigenvalue weighted by molar-refractivity contribution is 7.22. The molecule has 374 valence electrons. The topological polar surface area (TPSA) is 174 Å². The molecule has 0 unspecified atom stereocenters. The van der Waals surface area contributed by atoms with Crippen molar-refractivity contribution in [1.82, 2.24) is 30.3 Å². The molecule has 2 saturated heterocycles. The predicted octanol–water partition coefficient (Wildman–Crippen LogP) is 8.53. The van der Waals surface area contributed by atoms with Crippen LogP contribution in [0.1, 0.15) is 64.6 Å². The third-order valence-corrected chi connectivity index (χ3v) is 15.2. The average molecular weight is 1010 g/mol. The normalized spacial score (nSPS) is 17.8. The van der Waals surface area contributed by atoms with Gasteiger partial charge in [-0.05, 0) is 97.0 Å². The highest BCUT2D eigenvalue weighted by atomic mass is 32.1. The Kier molecular flexibility index (Phi) is 16.0. The number of aromatic hydroxyl groups is 1. The molecule has 2 fully saturated rings. The van der Waals surface area contributed by atoms with Gasteiger partial charge in [-0.15, -0.1) is 22.7 Å². The minimum absolute atomic E-state index is 0.0219. The van der Waals surface area contributed by atoms with Crippen molar-refractivity contribution in [3.63, 3.8) is 0 Å². The summed E-state index contributed by atoms with van der Waals surface area (Å²) in [7, 11) is 0. The summed E-state index contributed by atoms with van der Waals surface area (Å²) in [5.74, 6) is 0.517. The van der Waals surface area contributed by atoms with E-state index in [1.54, 1.807) is 35.6 Å². The van der Waals surface area contributed by atoms with Gasteiger partial charge in [-0.3, -0.25) is 24.1 Å². The number of aliphatic hydroxyl groups is 1. The first-order chi connectivity index (χ1) is 34.0. The molecule has 0 spiro atoms. The number of thiophene rings is 1. The molecule has 4 aromatic carbocycles. The highest BCUT2D eigenvalue weighted by Crippen LogP contribution is 2.47. The second-order valence-electron chi connectivity index (χ2n) is 19.4. The zero-order valence-electron chi connectivity index (χ0n) is 40.7. The van der Waals surface area contributed by atoms with Crippen LogP contribution in [0.25, 0.3) is 31.0 Å². The third kappa shape index (κ3) is 12.6. The van der Waals surface area contributed by atoms with Crippen LogP contribution < -0.4 is 20.1 Å². The SMILES string of the molecule is Cc1ncsc1-c1ccc(CNC(=O)[C@@H]2C[C@@H](O)CN2C(=O)[C@@H](NC(=O)CCCC(=O)N2CCN(CCOc3ccc(Oc4c(-c5ccc(F)cc5)sc5cc(O)ccc45)cc3)[C@H](C)C2)C(C)(C)C)cc1. The number of β-amino-alcohol motifs (C(OH)–C–C–N with tert-alkyl or cyclic N) is 1. The minimum atomic E-state index is -0.959. The number of carbonyl (C=O) groups is 4. The van der Waals surface area contributed by atoms with Crippen LogP contribution in [0.4, 0.5) is 4.39 Å². The van der Waals surface area contributed by atoms with E-state index in [0.29, 0.717) is 56.5 Å². The van der Waals surface area contributed by atoms with Gasteiger partial charge in [0.1, 0.15) is 41.8 Å². The van der Waals surface area contributed by atoms with Crippen LogP contribution in [0.15, 0.2) is 96.5 Å². The third-order valence-electron chi connectivity index (χ3n) is 13.0. The summed E-state index contributed by atoms with van der Waals surface area (Å²) in [6, 6.07) is 24.8. The molecular weight excluding hydrogens is 944 g/mol. The Morgan fingerprint density at radius 3 is 2.30 bits per heavy atom. The summed E-state index contributed by atoms with van der Waals surface area (Å²) in [5, 5.41) is 27.4. The quantitative estimate of drug-likeness (QED) is 0.0694. The molecule has 4 atom stereocenters. The van der Waals surface area contributed by atoms with Gasteiger partial charge in [0.2, 0.25) is 23.6 Å². The number of ether oxygens (including phenoxy) is 2. The van der Waals surface area contributed by atoms with Gasteiger partial charge in [0.05, 0.1) is 27.1 Å². The second-order valence-corrected chi connectivity index (χ2v) is 21.3. The maximum absolute atomic E-state index is 14.1. The Labute approximate surface area is 421 Å². The minimum Gasteiger partial charge on any atom is -0.508 e. The monoisotopic (exact) mass is 1000 g/mol. The Hall–Kier alpha value is -6.40. The lowest BCUT2D eigenvalue weighted by Crippen LogP contribution is -2.57. The average Bonchev–Trinajstić information content (AvgIpc) is 4.06. The maximum atomic E-state index is 14.1. The number of hydrogen-bond acceptors (Lipinski definition) is 12. The lowest BCUT2D eigenvalue weighted by molar-refractivity contribution is -0.144. The van der Waals surface area contributed by atoms with Crippen LogP contribution in [0.2, 0.25) is 0 Å². The van der Waals surface area contributed by atoms with Crippen LogP contribution in [0.5, 0.6) is 23.0 Å². The van der Waals surface area contributed by atoms with Crippen molar-refractivity contribution in [2.75, 3.05) is 39.3 Å². The van der Waals surface area contributed by atoms with Gasteiger partial charge in [-0.2, -0.15) is 0 Å². The number of phenolic OH excluding ortho intramolecular Hbond substituents is 1. The summed E-state index contributed by atoms with van der Waals surface area (Å²) >= 11 is 3.03.